The summed E-state index contributed by atoms with van der Waals surface area (Å²) in [6, 6.07) is 0.136. The van der Waals surface area contributed by atoms with Crippen LogP contribution in [-0.4, -0.2) is 68.5 Å². The maximum Gasteiger partial charge on any atom is 0.158 e. The van der Waals surface area contributed by atoms with Crippen LogP contribution in [0.15, 0.2) is 0 Å². The SMILES string of the molecule is OCC1COCCN1CCC1OCCCO1. The van der Waals surface area contributed by atoms with Crippen molar-refractivity contribution < 1.29 is 19.3 Å². The number of rotatable bonds is 4. The van der Waals surface area contributed by atoms with Crippen molar-refractivity contribution in [1.29, 1.82) is 0 Å². The van der Waals surface area contributed by atoms with Gasteiger partial charge in [0.25, 0.3) is 0 Å². The Kier molecular flexibility index (Phi) is 4.99. The maximum absolute atomic E-state index is 9.21. The van der Waals surface area contributed by atoms with Gasteiger partial charge in [-0.05, 0) is 6.42 Å². The molecule has 2 aliphatic rings. The van der Waals surface area contributed by atoms with Gasteiger partial charge in [-0.25, -0.2) is 0 Å². The first-order chi connectivity index (χ1) is 7.90. The molecule has 0 saturated carbocycles. The Morgan fingerprint density at radius 1 is 1.19 bits per heavy atom. The molecule has 1 atom stereocenters. The fourth-order valence-corrected chi connectivity index (χ4v) is 2.13. The summed E-state index contributed by atoms with van der Waals surface area (Å²) in [6.07, 6.45) is 1.81. The van der Waals surface area contributed by atoms with E-state index in [-0.39, 0.29) is 18.9 Å². The van der Waals surface area contributed by atoms with Crippen molar-refractivity contribution in [3.8, 4) is 0 Å². The molecule has 2 fully saturated rings. The van der Waals surface area contributed by atoms with Crippen LogP contribution in [0.1, 0.15) is 12.8 Å². The summed E-state index contributed by atoms with van der Waals surface area (Å²) in [5, 5.41) is 9.21. The molecule has 0 aromatic heterocycles. The first kappa shape index (κ1) is 12.3. The molecular weight excluding hydrogens is 210 g/mol. The molecular formula is C11H21NO4. The first-order valence-electron chi connectivity index (χ1n) is 6.06. The predicted molar refractivity (Wildman–Crippen MR) is 58.2 cm³/mol. The van der Waals surface area contributed by atoms with Crippen molar-refractivity contribution in [2.45, 2.75) is 25.2 Å². The van der Waals surface area contributed by atoms with Crippen LogP contribution in [0, 0.1) is 0 Å². The van der Waals surface area contributed by atoms with E-state index in [1.165, 1.54) is 0 Å². The van der Waals surface area contributed by atoms with Crippen LogP contribution in [-0.2, 0) is 14.2 Å². The van der Waals surface area contributed by atoms with E-state index in [9.17, 15) is 5.11 Å². The zero-order valence-corrected chi connectivity index (χ0v) is 9.64. The van der Waals surface area contributed by atoms with Crippen LogP contribution < -0.4 is 0 Å². The molecule has 0 radical (unpaired) electrons. The van der Waals surface area contributed by atoms with E-state index in [1.807, 2.05) is 0 Å². The number of ether oxygens (including phenoxy) is 3. The highest BCUT2D eigenvalue weighted by Crippen LogP contribution is 2.12. The molecule has 0 aromatic carbocycles. The zero-order valence-electron chi connectivity index (χ0n) is 9.64. The van der Waals surface area contributed by atoms with Crippen LogP contribution in [0.4, 0.5) is 0 Å². The molecule has 1 unspecified atom stereocenters. The van der Waals surface area contributed by atoms with Crippen LogP contribution in [0.2, 0.25) is 0 Å². The fourth-order valence-electron chi connectivity index (χ4n) is 2.13. The molecule has 2 heterocycles. The van der Waals surface area contributed by atoms with Gasteiger partial charge in [-0.3, -0.25) is 4.90 Å². The predicted octanol–water partition coefficient (Wildman–Crippen LogP) is -0.167. The van der Waals surface area contributed by atoms with Crippen molar-refractivity contribution in [2.24, 2.45) is 0 Å². The first-order valence-corrected chi connectivity index (χ1v) is 6.06. The van der Waals surface area contributed by atoms with Gasteiger partial charge in [0.15, 0.2) is 6.29 Å². The van der Waals surface area contributed by atoms with Gasteiger partial charge in [0, 0.05) is 19.5 Å². The van der Waals surface area contributed by atoms with E-state index >= 15 is 0 Å². The summed E-state index contributed by atoms with van der Waals surface area (Å²) in [5.41, 5.74) is 0. The third-order valence-corrected chi connectivity index (χ3v) is 3.11. The summed E-state index contributed by atoms with van der Waals surface area (Å²) in [6.45, 7) is 4.93. The molecule has 94 valence electrons. The van der Waals surface area contributed by atoms with Crippen molar-refractivity contribution in [2.75, 3.05) is 46.1 Å². The van der Waals surface area contributed by atoms with E-state index in [2.05, 4.69) is 4.90 Å². The fraction of sp³-hybridized carbons (Fsp3) is 1.00. The lowest BCUT2D eigenvalue weighted by molar-refractivity contribution is -0.184. The Hall–Kier alpha value is -0.200. The van der Waals surface area contributed by atoms with Gasteiger partial charge in [0.05, 0.1) is 39.1 Å². The molecule has 0 aliphatic carbocycles. The molecule has 16 heavy (non-hydrogen) atoms. The summed E-state index contributed by atoms with van der Waals surface area (Å²) >= 11 is 0. The van der Waals surface area contributed by atoms with Gasteiger partial charge in [0.2, 0.25) is 0 Å². The Labute approximate surface area is 96.3 Å². The molecule has 0 spiro atoms. The van der Waals surface area contributed by atoms with Gasteiger partial charge < -0.3 is 19.3 Å². The average molecular weight is 231 g/mol. The minimum Gasteiger partial charge on any atom is -0.395 e. The molecule has 2 rings (SSSR count). The number of hydrogen-bond donors (Lipinski definition) is 1. The minimum absolute atomic E-state index is 0.0593. The molecule has 2 aliphatic heterocycles. The third-order valence-electron chi connectivity index (χ3n) is 3.11. The second kappa shape index (κ2) is 6.51. The van der Waals surface area contributed by atoms with E-state index < -0.39 is 0 Å². The van der Waals surface area contributed by atoms with Crippen LogP contribution in [0.25, 0.3) is 0 Å². The molecule has 5 nitrogen and oxygen atoms in total. The number of aliphatic hydroxyl groups excluding tert-OH is 1. The monoisotopic (exact) mass is 231 g/mol. The Morgan fingerprint density at radius 2 is 2.00 bits per heavy atom. The highest BCUT2D eigenvalue weighted by molar-refractivity contribution is 4.74. The van der Waals surface area contributed by atoms with Gasteiger partial charge in [-0.1, -0.05) is 0 Å². The lowest BCUT2D eigenvalue weighted by Gasteiger charge is -2.35. The van der Waals surface area contributed by atoms with Gasteiger partial charge in [-0.15, -0.1) is 0 Å². The third kappa shape index (κ3) is 3.40. The maximum atomic E-state index is 9.21. The molecule has 0 bridgehead atoms. The Bertz CT molecular complexity index is 196. The van der Waals surface area contributed by atoms with Crippen LogP contribution >= 0.6 is 0 Å². The quantitative estimate of drug-likeness (QED) is 0.728. The molecule has 5 heteroatoms. The molecule has 2 saturated heterocycles. The summed E-state index contributed by atoms with van der Waals surface area (Å²) in [5.74, 6) is 0. The van der Waals surface area contributed by atoms with Crippen LogP contribution in [0.5, 0.6) is 0 Å². The number of aliphatic hydroxyl groups is 1. The van der Waals surface area contributed by atoms with Crippen molar-refractivity contribution in [1.82, 2.24) is 4.90 Å². The normalized spacial score (nSPS) is 29.4. The highest BCUT2D eigenvalue weighted by Gasteiger charge is 2.23. The lowest BCUT2D eigenvalue weighted by atomic mass is 10.2. The molecule has 0 aromatic rings. The smallest absolute Gasteiger partial charge is 0.158 e. The summed E-state index contributed by atoms with van der Waals surface area (Å²) in [4.78, 5) is 2.25. The lowest BCUT2D eigenvalue weighted by Crippen LogP contribution is -2.48. The van der Waals surface area contributed by atoms with Crippen molar-refractivity contribution >= 4 is 0 Å². The van der Waals surface area contributed by atoms with E-state index in [0.717, 1.165) is 45.8 Å². The second-order valence-corrected chi connectivity index (χ2v) is 4.26. The average Bonchev–Trinajstić information content (AvgIpc) is 2.38. The highest BCUT2D eigenvalue weighted by atomic mass is 16.7. The summed E-state index contributed by atoms with van der Waals surface area (Å²) in [7, 11) is 0. The van der Waals surface area contributed by atoms with E-state index in [0.29, 0.717) is 6.61 Å². The Balaban J connectivity index is 1.70. The van der Waals surface area contributed by atoms with E-state index in [1.54, 1.807) is 0 Å². The zero-order chi connectivity index (χ0) is 11.2. The minimum atomic E-state index is -0.0593. The number of hydrogen-bond acceptors (Lipinski definition) is 5. The number of nitrogens with zero attached hydrogens (tertiary/aromatic N) is 1. The van der Waals surface area contributed by atoms with Crippen molar-refractivity contribution in [3.63, 3.8) is 0 Å². The van der Waals surface area contributed by atoms with Gasteiger partial charge >= 0.3 is 0 Å². The second-order valence-electron chi connectivity index (χ2n) is 4.26. The molecule has 0 amide bonds. The van der Waals surface area contributed by atoms with Gasteiger partial charge in [-0.2, -0.15) is 0 Å². The standard InChI is InChI=1S/C11H21NO4/c13-8-10-9-14-7-4-12(10)3-2-11-15-5-1-6-16-11/h10-11,13H,1-9H2. The molecule has 1 N–H and O–H groups in total. The summed E-state index contributed by atoms with van der Waals surface area (Å²) < 4.78 is 16.3. The van der Waals surface area contributed by atoms with E-state index in [4.69, 9.17) is 14.2 Å². The number of morpholine rings is 1. The van der Waals surface area contributed by atoms with Gasteiger partial charge in [0.1, 0.15) is 0 Å². The Morgan fingerprint density at radius 3 is 2.75 bits per heavy atom. The largest absolute Gasteiger partial charge is 0.395 e. The topological polar surface area (TPSA) is 51.2 Å². The van der Waals surface area contributed by atoms with Crippen molar-refractivity contribution in [3.05, 3.63) is 0 Å². The van der Waals surface area contributed by atoms with Crippen LogP contribution in [0.3, 0.4) is 0 Å².